The van der Waals surface area contributed by atoms with E-state index in [-0.39, 0.29) is 11.9 Å². The highest BCUT2D eigenvalue weighted by atomic mass is 32.1. The molecule has 0 aromatic carbocycles. The van der Waals surface area contributed by atoms with Gasteiger partial charge in [0.2, 0.25) is 5.91 Å². The second kappa shape index (κ2) is 3.87. The monoisotopic (exact) mass is 198 g/mol. The molecule has 0 radical (unpaired) electrons. The molecule has 1 amide bonds. The summed E-state index contributed by atoms with van der Waals surface area (Å²) in [5, 5.41) is 3.89. The number of amides is 1. The van der Waals surface area contributed by atoms with Gasteiger partial charge in [-0.25, -0.2) is 4.98 Å². The molecule has 0 bridgehead atoms. The smallest absolute Gasteiger partial charge is 0.217 e. The lowest BCUT2D eigenvalue weighted by Crippen LogP contribution is -2.23. The van der Waals surface area contributed by atoms with Gasteiger partial charge in [-0.3, -0.25) is 4.79 Å². The summed E-state index contributed by atoms with van der Waals surface area (Å²) in [4.78, 5) is 16.3. The van der Waals surface area contributed by atoms with Crippen molar-refractivity contribution in [1.29, 1.82) is 0 Å². The number of carbonyl (C=O) groups excluding carboxylic acids is 1. The van der Waals surface area contributed by atoms with Crippen molar-refractivity contribution in [2.24, 2.45) is 0 Å². The predicted molar refractivity (Wildman–Crippen MR) is 53.8 cm³/mol. The van der Waals surface area contributed by atoms with E-state index in [1.807, 2.05) is 20.8 Å². The fraction of sp³-hybridized carbons (Fsp3) is 0.556. The normalized spacial score (nSPS) is 12.6. The van der Waals surface area contributed by atoms with E-state index >= 15 is 0 Å². The number of nitrogens with one attached hydrogen (secondary N) is 1. The van der Waals surface area contributed by atoms with Gasteiger partial charge in [0.05, 0.1) is 16.7 Å². The molecule has 1 rings (SSSR count). The maximum atomic E-state index is 10.8. The van der Waals surface area contributed by atoms with Crippen molar-refractivity contribution >= 4 is 17.2 Å². The Morgan fingerprint density at radius 2 is 2.15 bits per heavy atom. The molecule has 1 N–H and O–H groups in total. The van der Waals surface area contributed by atoms with Gasteiger partial charge in [0.15, 0.2) is 0 Å². The summed E-state index contributed by atoms with van der Waals surface area (Å²) in [6, 6.07) is 0.0729. The Kier molecular flexibility index (Phi) is 3.03. The molecule has 4 heteroatoms. The molecule has 0 fully saturated rings. The Morgan fingerprint density at radius 1 is 1.54 bits per heavy atom. The summed E-state index contributed by atoms with van der Waals surface area (Å²) in [6.07, 6.45) is 0. The molecular weight excluding hydrogens is 184 g/mol. The van der Waals surface area contributed by atoms with Gasteiger partial charge in [-0.1, -0.05) is 0 Å². The van der Waals surface area contributed by atoms with Gasteiger partial charge in [0, 0.05) is 11.8 Å². The van der Waals surface area contributed by atoms with Gasteiger partial charge in [-0.2, -0.15) is 0 Å². The number of hydrogen-bond donors (Lipinski definition) is 1. The third kappa shape index (κ3) is 2.52. The maximum Gasteiger partial charge on any atom is 0.217 e. The number of hydrogen-bond acceptors (Lipinski definition) is 3. The fourth-order valence-corrected chi connectivity index (χ4v) is 2.25. The Bertz CT molecular complexity index is 319. The molecule has 1 aromatic heterocycles. The van der Waals surface area contributed by atoms with Crippen molar-refractivity contribution in [3.8, 4) is 0 Å². The summed E-state index contributed by atoms with van der Waals surface area (Å²) < 4.78 is 0. The van der Waals surface area contributed by atoms with E-state index < -0.39 is 0 Å². The van der Waals surface area contributed by atoms with Crippen LogP contribution in [0.15, 0.2) is 0 Å². The molecule has 13 heavy (non-hydrogen) atoms. The van der Waals surface area contributed by atoms with Crippen LogP contribution in [-0.4, -0.2) is 10.9 Å². The van der Waals surface area contributed by atoms with Crippen LogP contribution in [-0.2, 0) is 4.79 Å². The molecule has 1 heterocycles. The lowest BCUT2D eigenvalue weighted by Gasteiger charge is -2.10. The number of aromatic nitrogens is 1. The van der Waals surface area contributed by atoms with Crippen LogP contribution in [0.1, 0.15) is 35.5 Å². The minimum Gasteiger partial charge on any atom is -0.349 e. The molecular formula is C9H14N2OS. The maximum absolute atomic E-state index is 10.8. The summed E-state index contributed by atoms with van der Waals surface area (Å²) >= 11 is 1.64. The highest BCUT2D eigenvalue weighted by Crippen LogP contribution is 2.23. The third-order valence-electron chi connectivity index (χ3n) is 1.75. The SMILES string of the molecule is CC(=O)NC(C)c1sc(C)nc1C. The zero-order valence-corrected chi connectivity index (χ0v) is 9.16. The van der Waals surface area contributed by atoms with Gasteiger partial charge in [-0.05, 0) is 20.8 Å². The molecule has 0 aliphatic rings. The van der Waals surface area contributed by atoms with Crippen molar-refractivity contribution in [3.63, 3.8) is 0 Å². The average molecular weight is 198 g/mol. The average Bonchev–Trinajstić information content (AvgIpc) is 2.28. The Labute approximate surface area is 82.2 Å². The molecule has 0 saturated carbocycles. The first kappa shape index (κ1) is 10.2. The van der Waals surface area contributed by atoms with Crippen LogP contribution in [0.4, 0.5) is 0 Å². The largest absolute Gasteiger partial charge is 0.349 e. The van der Waals surface area contributed by atoms with E-state index in [1.54, 1.807) is 11.3 Å². The molecule has 72 valence electrons. The van der Waals surface area contributed by atoms with Gasteiger partial charge in [0.25, 0.3) is 0 Å². The first-order chi connectivity index (χ1) is 6.00. The van der Waals surface area contributed by atoms with Gasteiger partial charge < -0.3 is 5.32 Å². The number of rotatable bonds is 2. The number of aryl methyl sites for hydroxylation is 2. The Morgan fingerprint density at radius 3 is 2.54 bits per heavy atom. The van der Waals surface area contributed by atoms with Crippen LogP contribution in [0.2, 0.25) is 0 Å². The highest BCUT2D eigenvalue weighted by molar-refractivity contribution is 7.11. The second-order valence-corrected chi connectivity index (χ2v) is 4.34. The Hall–Kier alpha value is -0.900. The van der Waals surface area contributed by atoms with E-state index in [1.165, 1.54) is 6.92 Å². The molecule has 3 nitrogen and oxygen atoms in total. The van der Waals surface area contributed by atoms with Crippen molar-refractivity contribution in [2.45, 2.75) is 33.7 Å². The molecule has 0 saturated heterocycles. The predicted octanol–water partition coefficient (Wildman–Crippen LogP) is 1.96. The van der Waals surface area contributed by atoms with Gasteiger partial charge >= 0.3 is 0 Å². The molecule has 1 aromatic rings. The second-order valence-electron chi connectivity index (χ2n) is 3.10. The fourth-order valence-electron chi connectivity index (χ4n) is 1.32. The van der Waals surface area contributed by atoms with Crippen molar-refractivity contribution < 1.29 is 4.79 Å². The van der Waals surface area contributed by atoms with Crippen LogP contribution in [0.25, 0.3) is 0 Å². The summed E-state index contributed by atoms with van der Waals surface area (Å²) in [7, 11) is 0. The van der Waals surface area contributed by atoms with Crippen molar-refractivity contribution in [2.75, 3.05) is 0 Å². The zero-order chi connectivity index (χ0) is 10.0. The standard InChI is InChI=1S/C9H14N2OS/c1-5(10-7(3)12)9-6(2)11-8(4)13-9/h5H,1-4H3,(H,10,12). The van der Waals surface area contributed by atoms with E-state index in [0.717, 1.165) is 15.6 Å². The van der Waals surface area contributed by atoms with Crippen molar-refractivity contribution in [3.05, 3.63) is 15.6 Å². The van der Waals surface area contributed by atoms with E-state index in [0.29, 0.717) is 0 Å². The third-order valence-corrected chi connectivity index (χ3v) is 3.01. The van der Waals surface area contributed by atoms with E-state index in [4.69, 9.17) is 0 Å². The van der Waals surface area contributed by atoms with E-state index in [9.17, 15) is 4.79 Å². The number of thiazole rings is 1. The lowest BCUT2D eigenvalue weighted by molar-refractivity contribution is -0.119. The van der Waals surface area contributed by atoms with Crippen LogP contribution in [0.3, 0.4) is 0 Å². The molecule has 0 aliphatic heterocycles. The number of carbonyl (C=O) groups is 1. The van der Waals surface area contributed by atoms with Crippen molar-refractivity contribution in [1.82, 2.24) is 10.3 Å². The van der Waals surface area contributed by atoms with Crippen LogP contribution >= 0.6 is 11.3 Å². The summed E-state index contributed by atoms with van der Waals surface area (Å²) in [6.45, 7) is 7.44. The minimum atomic E-state index is -0.00190. The summed E-state index contributed by atoms with van der Waals surface area (Å²) in [5.74, 6) is -0.00190. The quantitative estimate of drug-likeness (QED) is 0.789. The molecule has 0 aliphatic carbocycles. The minimum absolute atomic E-state index is 0.00190. The van der Waals surface area contributed by atoms with Crippen LogP contribution in [0.5, 0.6) is 0 Å². The first-order valence-electron chi connectivity index (χ1n) is 4.21. The molecule has 1 atom stereocenters. The van der Waals surface area contributed by atoms with Gasteiger partial charge in [0.1, 0.15) is 0 Å². The highest BCUT2D eigenvalue weighted by Gasteiger charge is 2.12. The van der Waals surface area contributed by atoms with E-state index in [2.05, 4.69) is 10.3 Å². The molecule has 1 unspecified atom stereocenters. The molecule has 0 spiro atoms. The van der Waals surface area contributed by atoms with Gasteiger partial charge in [-0.15, -0.1) is 11.3 Å². The topological polar surface area (TPSA) is 42.0 Å². The van der Waals surface area contributed by atoms with Crippen LogP contribution in [0, 0.1) is 13.8 Å². The summed E-state index contributed by atoms with van der Waals surface area (Å²) in [5.41, 5.74) is 1.02. The van der Waals surface area contributed by atoms with Crippen LogP contribution < -0.4 is 5.32 Å². The lowest BCUT2D eigenvalue weighted by atomic mass is 10.2. The number of nitrogens with zero attached hydrogens (tertiary/aromatic N) is 1. The zero-order valence-electron chi connectivity index (χ0n) is 8.34. The first-order valence-corrected chi connectivity index (χ1v) is 5.03. The Balaban J connectivity index is 2.81.